The number of benzene rings is 1. The topological polar surface area (TPSA) is 75.8 Å². The summed E-state index contributed by atoms with van der Waals surface area (Å²) in [4.78, 5) is 0. The molecule has 0 unspecified atom stereocenters. The Morgan fingerprint density at radius 3 is 2.29 bits per heavy atom. The summed E-state index contributed by atoms with van der Waals surface area (Å²) in [6.45, 7) is 0. The van der Waals surface area contributed by atoms with Crippen LogP contribution in [-0.2, 0) is 0 Å². The molecule has 14 heavy (non-hydrogen) atoms. The summed E-state index contributed by atoms with van der Waals surface area (Å²) in [6, 6.07) is 11.9. The van der Waals surface area contributed by atoms with Crippen LogP contribution in [0, 0.1) is 11.3 Å². The highest BCUT2D eigenvalue weighted by Gasteiger charge is 1.78. The summed E-state index contributed by atoms with van der Waals surface area (Å²) in [7, 11) is 0. The van der Waals surface area contributed by atoms with Crippen LogP contribution in [0.2, 0.25) is 0 Å². The SMILES string of the molecule is N#CC=CC=Cc1ccccc1.NN. The van der Waals surface area contributed by atoms with E-state index in [0.717, 1.165) is 5.56 Å². The lowest BCUT2D eigenvalue weighted by atomic mass is 10.2. The zero-order valence-corrected chi connectivity index (χ0v) is 7.80. The lowest BCUT2D eigenvalue weighted by molar-refractivity contribution is 1.26. The summed E-state index contributed by atoms with van der Waals surface area (Å²) in [5.74, 6) is 8.00. The molecule has 3 nitrogen and oxygen atoms in total. The van der Waals surface area contributed by atoms with Gasteiger partial charge >= 0.3 is 0 Å². The van der Waals surface area contributed by atoms with E-state index in [4.69, 9.17) is 5.26 Å². The fourth-order valence-corrected chi connectivity index (χ4v) is 0.829. The first kappa shape index (κ1) is 12.1. The second-order valence-corrected chi connectivity index (χ2v) is 2.26. The number of nitriles is 1. The Labute approximate surface area is 83.9 Å². The second-order valence-electron chi connectivity index (χ2n) is 2.26. The zero-order chi connectivity index (χ0) is 10.6. The molecule has 0 amide bonds. The predicted octanol–water partition coefficient (Wildman–Crippen LogP) is 1.60. The van der Waals surface area contributed by atoms with Gasteiger partial charge in [0.1, 0.15) is 0 Å². The Balaban J connectivity index is 0.000000791. The largest absolute Gasteiger partial charge is 0.274 e. The molecular formula is C11H13N3. The fraction of sp³-hybridized carbons (Fsp3) is 0. The fourth-order valence-electron chi connectivity index (χ4n) is 0.829. The lowest BCUT2D eigenvalue weighted by Gasteiger charge is -1.87. The number of nitrogens with zero attached hydrogens (tertiary/aromatic N) is 1. The van der Waals surface area contributed by atoms with E-state index in [1.165, 1.54) is 6.08 Å². The van der Waals surface area contributed by atoms with Crippen molar-refractivity contribution in [1.29, 1.82) is 5.26 Å². The summed E-state index contributed by atoms with van der Waals surface area (Å²) >= 11 is 0. The van der Waals surface area contributed by atoms with Gasteiger partial charge in [-0.25, -0.2) is 0 Å². The van der Waals surface area contributed by atoms with Crippen molar-refractivity contribution in [2.24, 2.45) is 11.7 Å². The van der Waals surface area contributed by atoms with Gasteiger partial charge in [-0.1, -0.05) is 48.6 Å². The van der Waals surface area contributed by atoms with Crippen LogP contribution in [0.5, 0.6) is 0 Å². The molecule has 1 aromatic rings. The van der Waals surface area contributed by atoms with E-state index in [1.54, 1.807) is 6.08 Å². The van der Waals surface area contributed by atoms with Gasteiger partial charge in [0.25, 0.3) is 0 Å². The highest BCUT2D eigenvalue weighted by molar-refractivity contribution is 5.50. The number of hydrogen-bond acceptors (Lipinski definition) is 3. The molecule has 1 aromatic carbocycles. The van der Waals surface area contributed by atoms with E-state index in [0.29, 0.717) is 0 Å². The summed E-state index contributed by atoms with van der Waals surface area (Å²) in [6.07, 6.45) is 6.96. The van der Waals surface area contributed by atoms with Crippen molar-refractivity contribution in [1.82, 2.24) is 0 Å². The average molecular weight is 187 g/mol. The van der Waals surface area contributed by atoms with E-state index < -0.39 is 0 Å². The molecule has 0 spiro atoms. The number of nitrogens with two attached hydrogens (primary N) is 2. The molecule has 0 bridgehead atoms. The molecule has 4 N–H and O–H groups in total. The second kappa shape index (κ2) is 9.20. The first-order valence-corrected chi connectivity index (χ1v) is 4.04. The maximum Gasteiger partial charge on any atom is 0.0912 e. The van der Waals surface area contributed by atoms with Crippen LogP contribution in [0.4, 0.5) is 0 Å². The van der Waals surface area contributed by atoms with Crippen LogP contribution in [0.1, 0.15) is 5.56 Å². The van der Waals surface area contributed by atoms with Crippen molar-refractivity contribution in [3.05, 3.63) is 54.1 Å². The van der Waals surface area contributed by atoms with E-state index in [2.05, 4.69) is 11.7 Å². The van der Waals surface area contributed by atoms with Gasteiger partial charge in [-0.15, -0.1) is 0 Å². The molecule has 0 aliphatic heterocycles. The summed E-state index contributed by atoms with van der Waals surface area (Å²) < 4.78 is 0. The number of hydrogen-bond donors (Lipinski definition) is 2. The quantitative estimate of drug-likeness (QED) is 0.319. The van der Waals surface area contributed by atoms with Crippen LogP contribution < -0.4 is 11.7 Å². The molecule has 1 rings (SSSR count). The molecule has 3 heteroatoms. The molecule has 0 fully saturated rings. The number of hydrazine groups is 1. The van der Waals surface area contributed by atoms with Crippen LogP contribution >= 0.6 is 0 Å². The Morgan fingerprint density at radius 2 is 1.71 bits per heavy atom. The highest BCUT2D eigenvalue weighted by atomic mass is 15.0. The molecule has 0 saturated carbocycles. The maximum absolute atomic E-state index is 8.19. The minimum Gasteiger partial charge on any atom is -0.274 e. The Kier molecular flexibility index (Phi) is 7.96. The van der Waals surface area contributed by atoms with Crippen molar-refractivity contribution in [2.45, 2.75) is 0 Å². The molecule has 72 valence electrons. The van der Waals surface area contributed by atoms with Crippen molar-refractivity contribution < 1.29 is 0 Å². The third-order valence-electron chi connectivity index (χ3n) is 1.37. The third-order valence-corrected chi connectivity index (χ3v) is 1.37. The van der Waals surface area contributed by atoms with E-state index in [9.17, 15) is 0 Å². The van der Waals surface area contributed by atoms with Gasteiger partial charge in [-0.2, -0.15) is 5.26 Å². The van der Waals surface area contributed by atoms with Gasteiger partial charge in [-0.3, -0.25) is 11.7 Å². The normalized spacial score (nSPS) is 9.50. The minimum absolute atomic E-state index is 1.14. The Bertz CT molecular complexity index is 320. The van der Waals surface area contributed by atoms with Gasteiger partial charge < -0.3 is 0 Å². The molecule has 0 atom stereocenters. The van der Waals surface area contributed by atoms with Crippen LogP contribution in [0.3, 0.4) is 0 Å². The van der Waals surface area contributed by atoms with Gasteiger partial charge in [0.15, 0.2) is 0 Å². The monoisotopic (exact) mass is 187 g/mol. The molecule has 0 aromatic heterocycles. The Hall–Kier alpha value is -1.89. The molecule has 0 aliphatic carbocycles. The van der Waals surface area contributed by atoms with Crippen molar-refractivity contribution in [2.75, 3.05) is 0 Å². The van der Waals surface area contributed by atoms with Crippen LogP contribution in [0.15, 0.2) is 48.6 Å². The van der Waals surface area contributed by atoms with Crippen LogP contribution in [0.25, 0.3) is 6.08 Å². The van der Waals surface area contributed by atoms with Crippen LogP contribution in [-0.4, -0.2) is 0 Å². The Morgan fingerprint density at radius 1 is 1.07 bits per heavy atom. The molecule has 0 aliphatic rings. The molecule has 0 radical (unpaired) electrons. The summed E-state index contributed by atoms with van der Waals surface area (Å²) in [5, 5.41) is 8.19. The third kappa shape index (κ3) is 5.72. The minimum atomic E-state index is 1.14. The van der Waals surface area contributed by atoms with E-state index >= 15 is 0 Å². The van der Waals surface area contributed by atoms with Crippen molar-refractivity contribution >= 4 is 6.08 Å². The van der Waals surface area contributed by atoms with Gasteiger partial charge in [0, 0.05) is 6.08 Å². The maximum atomic E-state index is 8.19. The number of allylic oxidation sites excluding steroid dienone is 3. The first-order valence-electron chi connectivity index (χ1n) is 4.04. The van der Waals surface area contributed by atoms with Crippen molar-refractivity contribution in [3.63, 3.8) is 0 Å². The first-order chi connectivity index (χ1) is 6.93. The predicted molar refractivity (Wildman–Crippen MR) is 58.6 cm³/mol. The molecular weight excluding hydrogens is 174 g/mol. The standard InChI is InChI=1S/C11H9N.H4N2/c12-10-6-2-5-9-11-7-3-1-4-8-11;1-2/h1-9H;1-2H2. The molecule has 0 heterocycles. The lowest BCUT2D eigenvalue weighted by Crippen LogP contribution is -2.02. The van der Waals surface area contributed by atoms with Gasteiger partial charge in [0.2, 0.25) is 0 Å². The zero-order valence-electron chi connectivity index (χ0n) is 7.80. The molecule has 0 saturated heterocycles. The van der Waals surface area contributed by atoms with Gasteiger partial charge in [0.05, 0.1) is 6.07 Å². The van der Waals surface area contributed by atoms with Crippen molar-refractivity contribution in [3.8, 4) is 6.07 Å². The average Bonchev–Trinajstić information content (AvgIpc) is 2.29. The number of rotatable bonds is 2. The highest BCUT2D eigenvalue weighted by Crippen LogP contribution is 2.00. The van der Waals surface area contributed by atoms with E-state index in [1.807, 2.05) is 48.6 Å². The summed E-state index contributed by atoms with van der Waals surface area (Å²) in [5.41, 5.74) is 1.14. The van der Waals surface area contributed by atoms with Gasteiger partial charge in [-0.05, 0) is 5.56 Å². The van der Waals surface area contributed by atoms with E-state index in [-0.39, 0.29) is 0 Å². The smallest absolute Gasteiger partial charge is 0.0912 e.